The van der Waals surface area contributed by atoms with Gasteiger partial charge in [-0.3, -0.25) is 5.10 Å². The summed E-state index contributed by atoms with van der Waals surface area (Å²) >= 11 is 0. The summed E-state index contributed by atoms with van der Waals surface area (Å²) in [6, 6.07) is 6.06. The molecule has 0 aliphatic carbocycles. The molecule has 0 spiro atoms. The number of H-pyrrole nitrogens is 2. The second kappa shape index (κ2) is 9.19. The predicted octanol–water partition coefficient (Wildman–Crippen LogP) is 3.47. The maximum Gasteiger partial charge on any atom is 0.161 e. The number of hydrogen-bond acceptors (Lipinski definition) is 7. The SMILES string of the molecule is C=CC(=N/C(=C\C)c1ccc2[nH]nc(-c3nc4c(N5CCCCC5)nccc4[nH]3)c2n1)N1CC(N)C1. The molecule has 0 atom stereocenters. The summed E-state index contributed by atoms with van der Waals surface area (Å²) in [5.74, 6) is 2.39. The third-order valence-corrected chi connectivity index (χ3v) is 6.86. The van der Waals surface area contributed by atoms with Gasteiger partial charge in [-0.15, -0.1) is 0 Å². The molecule has 0 aromatic carbocycles. The number of fused-ring (bicyclic) bond motifs is 2. The lowest BCUT2D eigenvalue weighted by atomic mass is 10.1. The van der Waals surface area contributed by atoms with Crippen LogP contribution in [0.3, 0.4) is 0 Å². The molecular weight excluding hydrogens is 452 g/mol. The fourth-order valence-electron chi connectivity index (χ4n) is 4.92. The number of aliphatic imine (C=N–C) groups is 1. The van der Waals surface area contributed by atoms with Crippen LogP contribution in [0.1, 0.15) is 31.9 Å². The number of rotatable bonds is 5. The van der Waals surface area contributed by atoms with E-state index in [9.17, 15) is 0 Å². The van der Waals surface area contributed by atoms with Crippen molar-refractivity contribution in [2.45, 2.75) is 32.2 Å². The molecule has 2 aliphatic heterocycles. The second-order valence-corrected chi connectivity index (χ2v) is 9.34. The Morgan fingerprint density at radius 3 is 2.69 bits per heavy atom. The van der Waals surface area contributed by atoms with Gasteiger partial charge in [-0.1, -0.05) is 12.7 Å². The minimum atomic E-state index is 0.182. The maximum absolute atomic E-state index is 5.95. The highest BCUT2D eigenvalue weighted by molar-refractivity contribution is 5.97. The predicted molar refractivity (Wildman–Crippen MR) is 144 cm³/mol. The van der Waals surface area contributed by atoms with Crippen LogP contribution in [0.15, 0.2) is 48.1 Å². The Bertz CT molecular complexity index is 1480. The molecule has 4 aromatic heterocycles. The van der Waals surface area contributed by atoms with Crippen LogP contribution < -0.4 is 10.6 Å². The summed E-state index contributed by atoms with van der Waals surface area (Å²) in [5.41, 5.74) is 11.5. The molecule has 0 unspecified atom stereocenters. The van der Waals surface area contributed by atoms with Gasteiger partial charge in [-0.25, -0.2) is 19.9 Å². The Kier molecular flexibility index (Phi) is 5.73. The zero-order chi connectivity index (χ0) is 24.6. The van der Waals surface area contributed by atoms with Crippen molar-refractivity contribution in [3.05, 3.63) is 48.8 Å². The lowest BCUT2D eigenvalue weighted by Crippen LogP contribution is -2.57. The number of aromatic amines is 2. The molecule has 10 nitrogen and oxygen atoms in total. The monoisotopic (exact) mass is 482 g/mol. The van der Waals surface area contributed by atoms with Crippen LogP contribution in [-0.2, 0) is 0 Å². The number of allylic oxidation sites excluding steroid dienone is 1. The van der Waals surface area contributed by atoms with E-state index in [1.807, 2.05) is 37.4 Å². The minimum Gasteiger partial charge on any atom is -0.355 e. The van der Waals surface area contributed by atoms with Crippen LogP contribution in [0.4, 0.5) is 5.82 Å². The summed E-state index contributed by atoms with van der Waals surface area (Å²) in [6.07, 6.45) is 9.18. The Morgan fingerprint density at radius 2 is 1.94 bits per heavy atom. The van der Waals surface area contributed by atoms with Crippen LogP contribution in [-0.4, -0.2) is 73.1 Å². The number of amidine groups is 1. The number of nitrogens with two attached hydrogens (primary N) is 1. The van der Waals surface area contributed by atoms with E-state index in [0.29, 0.717) is 11.5 Å². The molecule has 2 aliphatic rings. The first kappa shape index (κ1) is 22.4. The molecule has 4 N–H and O–H groups in total. The third-order valence-electron chi connectivity index (χ3n) is 6.86. The van der Waals surface area contributed by atoms with Crippen LogP contribution in [0.25, 0.3) is 39.3 Å². The van der Waals surface area contributed by atoms with Crippen molar-refractivity contribution in [2.75, 3.05) is 31.1 Å². The van der Waals surface area contributed by atoms with Crippen molar-refractivity contribution >= 4 is 39.4 Å². The van der Waals surface area contributed by atoms with Crippen LogP contribution in [0.5, 0.6) is 0 Å². The largest absolute Gasteiger partial charge is 0.355 e. The molecule has 184 valence electrons. The number of hydrogen-bond donors (Lipinski definition) is 3. The summed E-state index contributed by atoms with van der Waals surface area (Å²) < 4.78 is 0. The van der Waals surface area contributed by atoms with Crippen LogP contribution in [0, 0.1) is 0 Å². The van der Waals surface area contributed by atoms with Crippen molar-refractivity contribution in [2.24, 2.45) is 10.7 Å². The first-order valence-corrected chi connectivity index (χ1v) is 12.5. The number of anilines is 1. The van der Waals surface area contributed by atoms with Crippen molar-refractivity contribution in [1.82, 2.24) is 35.0 Å². The van der Waals surface area contributed by atoms with E-state index in [-0.39, 0.29) is 6.04 Å². The fourth-order valence-corrected chi connectivity index (χ4v) is 4.92. The number of aromatic nitrogens is 6. The molecule has 0 bridgehead atoms. The zero-order valence-corrected chi connectivity index (χ0v) is 20.4. The van der Waals surface area contributed by atoms with Gasteiger partial charge >= 0.3 is 0 Å². The molecule has 2 saturated heterocycles. The average Bonchev–Trinajstić information content (AvgIpc) is 3.52. The lowest BCUT2D eigenvalue weighted by molar-refractivity contribution is 0.256. The smallest absolute Gasteiger partial charge is 0.161 e. The van der Waals surface area contributed by atoms with Crippen molar-refractivity contribution < 1.29 is 0 Å². The average molecular weight is 483 g/mol. The number of pyridine rings is 2. The summed E-state index contributed by atoms with van der Waals surface area (Å²) in [4.78, 5) is 27.2. The van der Waals surface area contributed by atoms with Gasteiger partial charge in [-0.05, 0) is 50.5 Å². The van der Waals surface area contributed by atoms with E-state index in [0.717, 1.165) is 71.3 Å². The highest BCUT2D eigenvalue weighted by atomic mass is 15.3. The number of likely N-dealkylation sites (tertiary alicyclic amines) is 1. The van der Waals surface area contributed by atoms with E-state index < -0.39 is 0 Å². The minimum absolute atomic E-state index is 0.182. The van der Waals surface area contributed by atoms with Gasteiger partial charge in [0.05, 0.1) is 22.4 Å². The van der Waals surface area contributed by atoms with E-state index in [1.54, 1.807) is 6.08 Å². The molecule has 6 heterocycles. The molecular formula is C26H30N10. The van der Waals surface area contributed by atoms with Crippen LogP contribution >= 0.6 is 0 Å². The fraction of sp³-hybridized carbons (Fsp3) is 0.346. The number of imidazole rings is 1. The van der Waals surface area contributed by atoms with Gasteiger partial charge < -0.3 is 20.5 Å². The molecule has 6 rings (SSSR count). The number of piperidine rings is 1. The van der Waals surface area contributed by atoms with E-state index >= 15 is 0 Å². The first-order valence-electron chi connectivity index (χ1n) is 12.5. The van der Waals surface area contributed by atoms with Gasteiger partial charge in [-0.2, -0.15) is 5.10 Å². The Hall–Kier alpha value is -4.05. The highest BCUT2D eigenvalue weighted by Crippen LogP contribution is 2.30. The van der Waals surface area contributed by atoms with Crippen molar-refractivity contribution in [1.29, 1.82) is 0 Å². The first-order chi connectivity index (χ1) is 17.6. The van der Waals surface area contributed by atoms with Crippen LogP contribution in [0.2, 0.25) is 0 Å². The van der Waals surface area contributed by atoms with Crippen molar-refractivity contribution in [3.8, 4) is 11.5 Å². The Morgan fingerprint density at radius 1 is 1.11 bits per heavy atom. The standard InChI is InChI=1S/C26H30N10/c1-3-17(29-21(4-2)36-14-16(27)15-36)18-8-9-20-22(30-18)24(34-33-20)25-31-19-10-11-28-26(23(19)32-25)35-12-6-5-7-13-35/h3-4,8-11,16H,2,5-7,12-15,27H2,1H3,(H,31,32)(H,33,34)/b17-3-,29-21?. The molecule has 36 heavy (non-hydrogen) atoms. The molecule has 4 aromatic rings. The second-order valence-electron chi connectivity index (χ2n) is 9.34. The topological polar surface area (TPSA) is 128 Å². The van der Waals surface area contributed by atoms with Gasteiger partial charge in [0.15, 0.2) is 17.3 Å². The Labute approximate surface area is 209 Å². The van der Waals surface area contributed by atoms with Gasteiger partial charge in [0, 0.05) is 38.4 Å². The molecule has 0 saturated carbocycles. The lowest BCUT2D eigenvalue weighted by Gasteiger charge is -2.38. The molecule has 0 amide bonds. The van der Waals surface area contributed by atoms with Gasteiger partial charge in [0.2, 0.25) is 0 Å². The zero-order valence-electron chi connectivity index (χ0n) is 20.4. The summed E-state index contributed by atoms with van der Waals surface area (Å²) in [6.45, 7) is 9.46. The van der Waals surface area contributed by atoms with Gasteiger partial charge in [0.1, 0.15) is 16.9 Å². The molecule has 2 fully saturated rings. The maximum atomic E-state index is 5.95. The normalized spacial score (nSPS) is 17.7. The summed E-state index contributed by atoms with van der Waals surface area (Å²) in [7, 11) is 0. The third kappa shape index (κ3) is 3.93. The molecule has 10 heteroatoms. The number of nitrogens with zero attached hydrogens (tertiary/aromatic N) is 7. The van der Waals surface area contributed by atoms with E-state index in [1.165, 1.54) is 19.3 Å². The summed E-state index contributed by atoms with van der Waals surface area (Å²) in [5, 5.41) is 7.65. The Balaban J connectivity index is 1.38. The molecule has 0 radical (unpaired) electrons. The van der Waals surface area contributed by atoms with E-state index in [2.05, 4.69) is 36.5 Å². The quantitative estimate of drug-likeness (QED) is 0.293. The van der Waals surface area contributed by atoms with Crippen molar-refractivity contribution in [3.63, 3.8) is 0 Å². The van der Waals surface area contributed by atoms with E-state index in [4.69, 9.17) is 20.7 Å². The van der Waals surface area contributed by atoms with Gasteiger partial charge in [0.25, 0.3) is 0 Å². The highest BCUT2D eigenvalue weighted by Gasteiger charge is 2.25. The number of nitrogens with one attached hydrogen (secondary N) is 2.